The van der Waals surface area contributed by atoms with Gasteiger partial charge in [0.25, 0.3) is 0 Å². The van der Waals surface area contributed by atoms with Gasteiger partial charge in [-0.05, 0) is 44.8 Å². The lowest BCUT2D eigenvalue weighted by molar-refractivity contribution is -0.157. The standard InChI is InChI=1S/C15H28N2OS/c1-12(16)15(19)18-17(13-8-4-2-5-9-13)14-10-6-3-7-11-14/h12-14H,2-11,16H2,1H3/t12-/m0/s1. The summed E-state index contributed by atoms with van der Waals surface area (Å²) >= 11 is 5.30. The van der Waals surface area contributed by atoms with Crippen molar-refractivity contribution in [1.29, 1.82) is 0 Å². The summed E-state index contributed by atoms with van der Waals surface area (Å²) in [4.78, 5) is 6.03. The maximum atomic E-state index is 6.03. The number of hydrogen-bond donors (Lipinski definition) is 1. The number of nitrogens with zero attached hydrogens (tertiary/aromatic N) is 1. The predicted octanol–water partition coefficient (Wildman–Crippen LogP) is 3.56. The van der Waals surface area contributed by atoms with Crippen molar-refractivity contribution in [2.75, 3.05) is 0 Å². The second-order valence-electron chi connectivity index (χ2n) is 6.14. The number of hydrogen-bond acceptors (Lipinski definition) is 4. The summed E-state index contributed by atoms with van der Waals surface area (Å²) in [5, 5.41) is 2.79. The molecule has 0 aliphatic heterocycles. The summed E-state index contributed by atoms with van der Waals surface area (Å²) in [5.74, 6) is 0. The first-order valence-corrected chi connectivity index (χ1v) is 8.35. The molecule has 19 heavy (non-hydrogen) atoms. The van der Waals surface area contributed by atoms with Crippen LogP contribution in [0.15, 0.2) is 0 Å². The highest BCUT2D eigenvalue weighted by molar-refractivity contribution is 7.80. The molecule has 0 aromatic rings. The zero-order valence-corrected chi connectivity index (χ0v) is 13.0. The molecule has 2 N–H and O–H groups in total. The zero-order chi connectivity index (χ0) is 13.7. The van der Waals surface area contributed by atoms with Crippen molar-refractivity contribution in [2.45, 2.75) is 89.3 Å². The van der Waals surface area contributed by atoms with E-state index in [1.807, 2.05) is 6.92 Å². The Kier molecular flexibility index (Phi) is 6.05. The monoisotopic (exact) mass is 284 g/mol. The van der Waals surface area contributed by atoms with Crippen molar-refractivity contribution in [3.63, 3.8) is 0 Å². The molecule has 0 heterocycles. The molecule has 2 saturated carbocycles. The molecule has 110 valence electrons. The van der Waals surface area contributed by atoms with Crippen molar-refractivity contribution >= 4 is 17.3 Å². The average molecular weight is 284 g/mol. The Bertz CT molecular complexity index is 266. The minimum absolute atomic E-state index is 0.162. The molecule has 1 atom stereocenters. The Morgan fingerprint density at radius 1 is 1.00 bits per heavy atom. The van der Waals surface area contributed by atoms with E-state index in [0.29, 0.717) is 17.1 Å². The molecule has 0 unspecified atom stereocenters. The van der Waals surface area contributed by atoms with Gasteiger partial charge in [-0.1, -0.05) is 38.5 Å². The van der Waals surface area contributed by atoms with Gasteiger partial charge in [0.2, 0.25) is 5.05 Å². The van der Waals surface area contributed by atoms with E-state index in [-0.39, 0.29) is 6.04 Å². The summed E-state index contributed by atoms with van der Waals surface area (Å²) in [6.45, 7) is 1.91. The number of rotatable bonds is 4. The second-order valence-corrected chi connectivity index (χ2v) is 6.54. The summed E-state index contributed by atoms with van der Waals surface area (Å²) in [5.41, 5.74) is 5.85. The lowest BCUT2D eigenvalue weighted by Gasteiger charge is -2.40. The molecule has 2 aliphatic carbocycles. The van der Waals surface area contributed by atoms with Gasteiger partial charge in [0, 0.05) is 12.1 Å². The first kappa shape index (κ1) is 15.2. The van der Waals surface area contributed by atoms with Crippen LogP contribution in [0.4, 0.5) is 0 Å². The second kappa shape index (κ2) is 7.55. The van der Waals surface area contributed by atoms with Crippen LogP contribution in [-0.2, 0) is 4.84 Å². The lowest BCUT2D eigenvalue weighted by Crippen LogP contribution is -2.48. The lowest BCUT2D eigenvalue weighted by atomic mass is 9.90. The molecule has 2 aliphatic rings. The van der Waals surface area contributed by atoms with E-state index < -0.39 is 0 Å². The molecule has 0 radical (unpaired) electrons. The fourth-order valence-corrected chi connectivity index (χ4v) is 3.39. The molecule has 0 aromatic heterocycles. The topological polar surface area (TPSA) is 38.5 Å². The maximum Gasteiger partial charge on any atom is 0.203 e. The van der Waals surface area contributed by atoms with Gasteiger partial charge in [-0.3, -0.25) is 0 Å². The molecule has 0 saturated heterocycles. The van der Waals surface area contributed by atoms with Crippen LogP contribution >= 0.6 is 12.2 Å². The van der Waals surface area contributed by atoms with E-state index >= 15 is 0 Å². The summed E-state index contributed by atoms with van der Waals surface area (Å²) in [6, 6.07) is 0.937. The zero-order valence-electron chi connectivity index (χ0n) is 12.1. The fourth-order valence-electron chi connectivity index (χ4n) is 3.31. The third-order valence-corrected chi connectivity index (χ3v) is 4.88. The van der Waals surface area contributed by atoms with Crippen LogP contribution in [0.25, 0.3) is 0 Å². The predicted molar refractivity (Wildman–Crippen MR) is 82.9 cm³/mol. The van der Waals surface area contributed by atoms with Crippen LogP contribution in [0.2, 0.25) is 0 Å². The van der Waals surface area contributed by atoms with E-state index in [1.165, 1.54) is 64.2 Å². The quantitative estimate of drug-likeness (QED) is 0.633. The van der Waals surface area contributed by atoms with Gasteiger partial charge in [-0.25, -0.2) is 0 Å². The normalized spacial score (nSPS) is 24.4. The maximum absolute atomic E-state index is 6.03. The van der Waals surface area contributed by atoms with E-state index in [0.717, 1.165) is 0 Å². The molecule has 4 heteroatoms. The van der Waals surface area contributed by atoms with Crippen LogP contribution in [0.1, 0.15) is 71.1 Å². The molecule has 2 rings (SSSR count). The molecule has 2 fully saturated rings. The van der Waals surface area contributed by atoms with Gasteiger partial charge in [-0.2, -0.15) is 0 Å². The van der Waals surface area contributed by atoms with Crippen molar-refractivity contribution in [2.24, 2.45) is 5.73 Å². The third kappa shape index (κ3) is 4.40. The van der Waals surface area contributed by atoms with Gasteiger partial charge in [-0.15, -0.1) is 5.06 Å². The van der Waals surface area contributed by atoms with Gasteiger partial charge in [0.05, 0.1) is 6.04 Å². The van der Waals surface area contributed by atoms with Crippen LogP contribution < -0.4 is 5.73 Å². The molecule has 3 nitrogen and oxygen atoms in total. The highest BCUT2D eigenvalue weighted by atomic mass is 32.1. The van der Waals surface area contributed by atoms with E-state index in [1.54, 1.807) is 0 Å². The molecule has 0 aromatic carbocycles. The van der Waals surface area contributed by atoms with Crippen molar-refractivity contribution in [3.8, 4) is 0 Å². The molecule has 0 bridgehead atoms. The number of thiocarbonyl (C=S) groups is 1. The van der Waals surface area contributed by atoms with Crippen LogP contribution in [0, 0.1) is 0 Å². The van der Waals surface area contributed by atoms with Crippen molar-refractivity contribution in [1.82, 2.24) is 5.06 Å². The average Bonchev–Trinajstić information content (AvgIpc) is 2.46. The summed E-state index contributed by atoms with van der Waals surface area (Å²) in [7, 11) is 0. The number of hydroxylamine groups is 2. The largest absolute Gasteiger partial charge is 0.397 e. The highest BCUT2D eigenvalue weighted by Gasteiger charge is 2.31. The first-order chi connectivity index (χ1) is 9.18. The van der Waals surface area contributed by atoms with Crippen molar-refractivity contribution < 1.29 is 4.84 Å². The Balaban J connectivity index is 2.00. The summed E-state index contributed by atoms with van der Waals surface area (Å²) < 4.78 is 0. The Morgan fingerprint density at radius 3 is 1.79 bits per heavy atom. The minimum atomic E-state index is -0.162. The molecule has 0 spiro atoms. The third-order valence-electron chi connectivity index (χ3n) is 4.44. The van der Waals surface area contributed by atoms with E-state index in [4.69, 9.17) is 22.8 Å². The van der Waals surface area contributed by atoms with Crippen LogP contribution in [-0.4, -0.2) is 28.2 Å². The van der Waals surface area contributed by atoms with E-state index in [2.05, 4.69) is 5.06 Å². The van der Waals surface area contributed by atoms with Crippen LogP contribution in [0.3, 0.4) is 0 Å². The van der Waals surface area contributed by atoms with Crippen LogP contribution in [0.5, 0.6) is 0 Å². The molecular formula is C15H28N2OS. The minimum Gasteiger partial charge on any atom is -0.397 e. The Labute approximate surface area is 122 Å². The highest BCUT2D eigenvalue weighted by Crippen LogP contribution is 2.30. The van der Waals surface area contributed by atoms with Gasteiger partial charge in [0.15, 0.2) is 0 Å². The van der Waals surface area contributed by atoms with Gasteiger partial charge < -0.3 is 10.6 Å². The Morgan fingerprint density at radius 2 is 1.42 bits per heavy atom. The van der Waals surface area contributed by atoms with Crippen molar-refractivity contribution in [3.05, 3.63) is 0 Å². The molecular weight excluding hydrogens is 256 g/mol. The fraction of sp³-hybridized carbons (Fsp3) is 0.933. The van der Waals surface area contributed by atoms with Gasteiger partial charge in [0.1, 0.15) is 0 Å². The van der Waals surface area contributed by atoms with E-state index in [9.17, 15) is 0 Å². The summed E-state index contributed by atoms with van der Waals surface area (Å²) in [6.07, 6.45) is 13.0. The number of nitrogens with two attached hydrogens (primary N) is 1. The van der Waals surface area contributed by atoms with Gasteiger partial charge >= 0.3 is 0 Å². The Hall–Kier alpha value is -0.190. The molecule has 0 amide bonds. The first-order valence-electron chi connectivity index (χ1n) is 7.94. The SMILES string of the molecule is C[C@H](N)C(=S)ON(C1CCCCC1)C1CCCCC1. The smallest absolute Gasteiger partial charge is 0.203 e.